The Morgan fingerprint density at radius 3 is 2.35 bits per heavy atom. The van der Waals surface area contributed by atoms with Gasteiger partial charge in [0.15, 0.2) is 6.61 Å². The van der Waals surface area contributed by atoms with Crippen LogP contribution in [0.4, 0.5) is 4.39 Å². The number of nitrogens with one attached hydrogen (secondary N) is 1. The molecule has 0 unspecified atom stereocenters. The number of ether oxygens (including phenoxy) is 2. The number of imide groups is 1. The second-order valence-corrected chi connectivity index (χ2v) is 7.26. The van der Waals surface area contributed by atoms with Crippen LogP contribution >= 0.6 is 0 Å². The van der Waals surface area contributed by atoms with Crippen molar-refractivity contribution in [3.63, 3.8) is 0 Å². The molecule has 0 saturated heterocycles. The standard InChI is InChI=1S/C26H19FN2O5/c1-33-19-12-8-17(9-13-19)25(31)29-24(30)15-34-26(32)21-14-23(16-6-10-18(27)11-7-16)28-22-5-3-2-4-20(21)22/h2-14H,15H2,1H3,(H,29,30,31). The number of carbonyl (C=O) groups excluding carboxylic acids is 3. The summed E-state index contributed by atoms with van der Waals surface area (Å²) in [5, 5.41) is 2.71. The van der Waals surface area contributed by atoms with Gasteiger partial charge < -0.3 is 9.47 Å². The van der Waals surface area contributed by atoms with Gasteiger partial charge in [0.1, 0.15) is 11.6 Å². The van der Waals surface area contributed by atoms with Crippen LogP contribution in [-0.2, 0) is 9.53 Å². The second-order valence-electron chi connectivity index (χ2n) is 7.26. The van der Waals surface area contributed by atoms with Crippen molar-refractivity contribution in [1.82, 2.24) is 10.3 Å². The van der Waals surface area contributed by atoms with Gasteiger partial charge in [0.25, 0.3) is 11.8 Å². The van der Waals surface area contributed by atoms with E-state index in [4.69, 9.17) is 9.47 Å². The first kappa shape index (κ1) is 22.6. The van der Waals surface area contributed by atoms with E-state index in [0.29, 0.717) is 27.9 Å². The Hall–Kier alpha value is -4.59. The highest BCUT2D eigenvalue weighted by molar-refractivity contribution is 6.07. The third-order valence-electron chi connectivity index (χ3n) is 5.02. The van der Waals surface area contributed by atoms with Crippen LogP contribution in [0.5, 0.6) is 5.75 Å². The lowest BCUT2D eigenvalue weighted by Gasteiger charge is -2.10. The van der Waals surface area contributed by atoms with E-state index in [-0.39, 0.29) is 16.9 Å². The lowest BCUT2D eigenvalue weighted by atomic mass is 10.0. The summed E-state index contributed by atoms with van der Waals surface area (Å²) in [6.45, 7) is -0.650. The van der Waals surface area contributed by atoms with Crippen molar-refractivity contribution in [1.29, 1.82) is 0 Å². The monoisotopic (exact) mass is 458 g/mol. The first-order valence-corrected chi connectivity index (χ1v) is 10.3. The SMILES string of the molecule is COc1ccc(C(=O)NC(=O)COC(=O)c2cc(-c3ccc(F)cc3)nc3ccccc23)cc1. The molecule has 0 fully saturated rings. The summed E-state index contributed by atoms with van der Waals surface area (Å²) in [7, 11) is 1.50. The van der Waals surface area contributed by atoms with Gasteiger partial charge in [-0.3, -0.25) is 14.9 Å². The Morgan fingerprint density at radius 1 is 0.941 bits per heavy atom. The fourth-order valence-corrected chi connectivity index (χ4v) is 3.30. The highest BCUT2D eigenvalue weighted by Gasteiger charge is 2.18. The van der Waals surface area contributed by atoms with Gasteiger partial charge in [-0.05, 0) is 60.7 Å². The molecular weight excluding hydrogens is 439 g/mol. The molecule has 0 bridgehead atoms. The molecule has 34 heavy (non-hydrogen) atoms. The molecule has 170 valence electrons. The van der Waals surface area contributed by atoms with E-state index >= 15 is 0 Å². The highest BCUT2D eigenvalue weighted by atomic mass is 19.1. The van der Waals surface area contributed by atoms with Gasteiger partial charge in [0.2, 0.25) is 0 Å². The molecule has 0 spiro atoms. The van der Waals surface area contributed by atoms with Gasteiger partial charge in [-0.25, -0.2) is 14.2 Å². The number of hydrogen-bond donors (Lipinski definition) is 1. The molecule has 2 amide bonds. The fraction of sp³-hybridized carbons (Fsp3) is 0.0769. The number of pyridine rings is 1. The molecule has 0 radical (unpaired) electrons. The minimum atomic E-state index is -0.772. The summed E-state index contributed by atoms with van der Waals surface area (Å²) < 4.78 is 23.5. The zero-order valence-electron chi connectivity index (χ0n) is 18.1. The van der Waals surface area contributed by atoms with E-state index in [9.17, 15) is 18.8 Å². The third-order valence-corrected chi connectivity index (χ3v) is 5.02. The van der Waals surface area contributed by atoms with Crippen molar-refractivity contribution in [2.45, 2.75) is 0 Å². The number of aromatic nitrogens is 1. The van der Waals surface area contributed by atoms with Crippen LogP contribution in [-0.4, -0.2) is 36.5 Å². The molecule has 1 N–H and O–H groups in total. The largest absolute Gasteiger partial charge is 0.497 e. The van der Waals surface area contributed by atoms with E-state index in [1.54, 1.807) is 48.5 Å². The molecule has 0 aliphatic heterocycles. The maximum Gasteiger partial charge on any atom is 0.339 e. The van der Waals surface area contributed by atoms with E-state index < -0.39 is 24.4 Å². The molecule has 0 aliphatic rings. The van der Waals surface area contributed by atoms with Crippen molar-refractivity contribution in [2.75, 3.05) is 13.7 Å². The molecule has 0 saturated carbocycles. The Morgan fingerprint density at radius 2 is 1.65 bits per heavy atom. The summed E-state index contributed by atoms with van der Waals surface area (Å²) in [6.07, 6.45) is 0. The molecule has 1 heterocycles. The molecule has 8 heteroatoms. The summed E-state index contributed by atoms with van der Waals surface area (Å²) in [4.78, 5) is 41.8. The van der Waals surface area contributed by atoms with Gasteiger partial charge in [-0.15, -0.1) is 0 Å². The number of nitrogens with zero attached hydrogens (tertiary/aromatic N) is 1. The molecule has 0 atom stereocenters. The number of carbonyl (C=O) groups is 3. The van der Waals surface area contributed by atoms with Gasteiger partial charge in [-0.1, -0.05) is 18.2 Å². The van der Waals surface area contributed by atoms with Crippen LogP contribution < -0.4 is 10.1 Å². The number of hydrogen-bond acceptors (Lipinski definition) is 6. The van der Waals surface area contributed by atoms with Gasteiger partial charge in [0.05, 0.1) is 23.9 Å². The number of esters is 1. The quantitative estimate of drug-likeness (QED) is 0.436. The predicted octanol–water partition coefficient (Wildman–Crippen LogP) is 4.16. The van der Waals surface area contributed by atoms with Gasteiger partial charge >= 0.3 is 5.97 Å². The topological polar surface area (TPSA) is 94.6 Å². The van der Waals surface area contributed by atoms with Crippen LogP contribution in [0.3, 0.4) is 0 Å². The molecule has 0 aliphatic carbocycles. The lowest BCUT2D eigenvalue weighted by Crippen LogP contribution is -2.34. The van der Waals surface area contributed by atoms with Crippen molar-refractivity contribution in [3.05, 3.63) is 95.8 Å². The Balaban J connectivity index is 1.49. The highest BCUT2D eigenvalue weighted by Crippen LogP contribution is 2.25. The molecule has 3 aromatic carbocycles. The Bertz CT molecular complexity index is 1370. The molecule has 1 aromatic heterocycles. The van der Waals surface area contributed by atoms with Crippen LogP contribution in [0.1, 0.15) is 20.7 Å². The summed E-state index contributed by atoms with van der Waals surface area (Å²) in [6, 6.07) is 20.4. The van der Waals surface area contributed by atoms with Crippen molar-refractivity contribution < 1.29 is 28.2 Å². The van der Waals surface area contributed by atoms with Crippen molar-refractivity contribution >= 4 is 28.7 Å². The Kier molecular flexibility index (Phi) is 6.59. The number of halogens is 1. The third kappa shape index (κ3) is 5.07. The first-order chi connectivity index (χ1) is 16.4. The fourth-order valence-electron chi connectivity index (χ4n) is 3.30. The molecule has 7 nitrogen and oxygen atoms in total. The van der Waals surface area contributed by atoms with Crippen LogP contribution in [0.25, 0.3) is 22.2 Å². The number of methoxy groups -OCH3 is 1. The van der Waals surface area contributed by atoms with E-state index in [1.165, 1.54) is 37.4 Å². The average Bonchev–Trinajstić information content (AvgIpc) is 2.87. The first-order valence-electron chi connectivity index (χ1n) is 10.3. The van der Waals surface area contributed by atoms with Crippen LogP contribution in [0, 0.1) is 5.82 Å². The van der Waals surface area contributed by atoms with Crippen LogP contribution in [0.15, 0.2) is 78.9 Å². The lowest BCUT2D eigenvalue weighted by molar-refractivity contribution is -0.123. The minimum absolute atomic E-state index is 0.194. The second kappa shape index (κ2) is 9.91. The zero-order valence-corrected chi connectivity index (χ0v) is 18.1. The minimum Gasteiger partial charge on any atom is -0.497 e. The maximum absolute atomic E-state index is 13.3. The normalized spacial score (nSPS) is 10.5. The van der Waals surface area contributed by atoms with E-state index in [1.807, 2.05) is 0 Å². The Labute approximate surface area is 194 Å². The maximum atomic E-state index is 13.3. The number of para-hydroxylation sites is 1. The van der Waals surface area contributed by atoms with E-state index in [2.05, 4.69) is 10.3 Å². The molecule has 4 aromatic rings. The van der Waals surface area contributed by atoms with Crippen molar-refractivity contribution in [2.24, 2.45) is 0 Å². The van der Waals surface area contributed by atoms with Crippen LogP contribution in [0.2, 0.25) is 0 Å². The van der Waals surface area contributed by atoms with E-state index in [0.717, 1.165) is 0 Å². The summed E-state index contributed by atoms with van der Waals surface area (Å²) >= 11 is 0. The number of benzene rings is 3. The number of amides is 2. The summed E-state index contributed by atoms with van der Waals surface area (Å²) in [5.74, 6) is -1.97. The molecular formula is C26H19FN2O5. The number of fused-ring (bicyclic) bond motifs is 1. The van der Waals surface area contributed by atoms with Gasteiger partial charge in [0, 0.05) is 16.5 Å². The number of rotatable bonds is 6. The van der Waals surface area contributed by atoms with Crippen molar-refractivity contribution in [3.8, 4) is 17.0 Å². The average molecular weight is 458 g/mol. The predicted molar refractivity (Wildman–Crippen MR) is 123 cm³/mol. The van der Waals surface area contributed by atoms with Gasteiger partial charge in [-0.2, -0.15) is 0 Å². The zero-order chi connectivity index (χ0) is 24.1. The molecule has 4 rings (SSSR count). The summed E-state index contributed by atoms with van der Waals surface area (Å²) in [5.41, 5.74) is 2.05. The smallest absolute Gasteiger partial charge is 0.339 e.